The van der Waals surface area contributed by atoms with Gasteiger partial charge in [0.15, 0.2) is 0 Å². The highest BCUT2D eigenvalue weighted by Gasteiger charge is 2.35. The Hall–Kier alpha value is -1.64. The van der Waals surface area contributed by atoms with Crippen molar-refractivity contribution in [1.29, 1.82) is 0 Å². The Labute approximate surface area is 95.1 Å². The molecule has 2 rings (SSSR count). The summed E-state index contributed by atoms with van der Waals surface area (Å²) in [6, 6.07) is 7.19. The monoisotopic (exact) mass is 217 g/mol. The molecule has 1 amide bonds. The Bertz CT molecular complexity index is 439. The predicted octanol–water partition coefficient (Wildman–Crippen LogP) is 2.26. The standard InChI is InChI=1S/C13H15NO2/c1-3-9(2)8-14-11-7-5-4-6-10(11)12(15)13(14)16/h4-7,9H,3,8H2,1-2H3. The summed E-state index contributed by atoms with van der Waals surface area (Å²) in [5, 5.41) is 0. The van der Waals surface area contributed by atoms with Gasteiger partial charge in [-0.1, -0.05) is 32.4 Å². The molecule has 0 spiro atoms. The number of amides is 1. The zero-order chi connectivity index (χ0) is 11.7. The number of fused-ring (bicyclic) bond motifs is 1. The number of ketones is 1. The molecule has 3 heteroatoms. The maximum Gasteiger partial charge on any atom is 0.299 e. The van der Waals surface area contributed by atoms with E-state index in [1.807, 2.05) is 12.1 Å². The molecule has 0 bridgehead atoms. The summed E-state index contributed by atoms with van der Waals surface area (Å²) >= 11 is 0. The van der Waals surface area contributed by atoms with Crippen LogP contribution in [-0.4, -0.2) is 18.2 Å². The topological polar surface area (TPSA) is 37.4 Å². The molecular formula is C13H15NO2. The first-order valence-corrected chi connectivity index (χ1v) is 5.60. The largest absolute Gasteiger partial charge is 0.304 e. The maximum absolute atomic E-state index is 11.8. The fraction of sp³-hybridized carbons (Fsp3) is 0.385. The first-order valence-electron chi connectivity index (χ1n) is 5.60. The van der Waals surface area contributed by atoms with Crippen LogP contribution in [0.15, 0.2) is 24.3 Å². The number of hydrogen-bond donors (Lipinski definition) is 0. The van der Waals surface area contributed by atoms with Gasteiger partial charge in [0, 0.05) is 6.54 Å². The second-order valence-corrected chi connectivity index (χ2v) is 4.28. The van der Waals surface area contributed by atoms with E-state index in [1.165, 1.54) is 0 Å². The zero-order valence-corrected chi connectivity index (χ0v) is 9.56. The number of para-hydroxylation sites is 1. The minimum absolute atomic E-state index is 0.376. The van der Waals surface area contributed by atoms with Gasteiger partial charge >= 0.3 is 0 Å². The third kappa shape index (κ3) is 1.62. The third-order valence-electron chi connectivity index (χ3n) is 3.07. The number of carbonyl (C=O) groups is 2. The van der Waals surface area contributed by atoms with Gasteiger partial charge in [-0.25, -0.2) is 0 Å². The van der Waals surface area contributed by atoms with Crippen LogP contribution < -0.4 is 4.90 Å². The molecule has 0 aromatic heterocycles. The normalized spacial score (nSPS) is 16.5. The molecule has 1 aliphatic heterocycles. The average Bonchev–Trinajstić information content (AvgIpc) is 2.55. The van der Waals surface area contributed by atoms with Gasteiger partial charge in [-0.15, -0.1) is 0 Å². The second kappa shape index (κ2) is 4.08. The van der Waals surface area contributed by atoms with E-state index < -0.39 is 0 Å². The van der Waals surface area contributed by atoms with Crippen LogP contribution in [0, 0.1) is 5.92 Å². The number of rotatable bonds is 3. The molecule has 0 saturated heterocycles. The van der Waals surface area contributed by atoms with Gasteiger partial charge in [0.2, 0.25) is 0 Å². The van der Waals surface area contributed by atoms with Crippen molar-refractivity contribution < 1.29 is 9.59 Å². The molecule has 1 heterocycles. The summed E-state index contributed by atoms with van der Waals surface area (Å²) in [5.41, 5.74) is 1.30. The van der Waals surface area contributed by atoms with Gasteiger partial charge in [0.25, 0.3) is 11.7 Å². The first-order chi connectivity index (χ1) is 7.65. The lowest BCUT2D eigenvalue weighted by Crippen LogP contribution is -2.33. The van der Waals surface area contributed by atoms with Crippen LogP contribution in [0.1, 0.15) is 30.6 Å². The summed E-state index contributed by atoms with van der Waals surface area (Å²) in [6.45, 7) is 4.79. The van der Waals surface area contributed by atoms with Crippen molar-refractivity contribution in [2.24, 2.45) is 5.92 Å². The highest BCUT2D eigenvalue weighted by Crippen LogP contribution is 2.29. The average molecular weight is 217 g/mol. The molecule has 0 saturated carbocycles. The molecule has 84 valence electrons. The Balaban J connectivity index is 2.34. The van der Waals surface area contributed by atoms with Crippen molar-refractivity contribution in [2.45, 2.75) is 20.3 Å². The number of benzene rings is 1. The van der Waals surface area contributed by atoms with Crippen molar-refractivity contribution in [3.8, 4) is 0 Å². The lowest BCUT2D eigenvalue weighted by atomic mass is 10.1. The van der Waals surface area contributed by atoms with Crippen LogP contribution in [0.25, 0.3) is 0 Å². The summed E-state index contributed by atoms with van der Waals surface area (Å²) in [7, 11) is 0. The molecule has 16 heavy (non-hydrogen) atoms. The second-order valence-electron chi connectivity index (χ2n) is 4.28. The van der Waals surface area contributed by atoms with Crippen molar-refractivity contribution in [2.75, 3.05) is 11.4 Å². The molecule has 1 unspecified atom stereocenters. The lowest BCUT2D eigenvalue weighted by Gasteiger charge is -2.20. The van der Waals surface area contributed by atoms with Crippen LogP contribution in [0.5, 0.6) is 0 Å². The Morgan fingerprint density at radius 2 is 1.94 bits per heavy atom. The van der Waals surface area contributed by atoms with Crippen LogP contribution in [-0.2, 0) is 4.79 Å². The highest BCUT2D eigenvalue weighted by molar-refractivity contribution is 6.52. The lowest BCUT2D eigenvalue weighted by molar-refractivity contribution is -0.114. The first kappa shape index (κ1) is 10.9. The summed E-state index contributed by atoms with van der Waals surface area (Å²) in [5.74, 6) is -0.358. The molecule has 1 atom stereocenters. The SMILES string of the molecule is CCC(C)CN1C(=O)C(=O)c2ccccc21. The van der Waals surface area contributed by atoms with Crippen LogP contribution >= 0.6 is 0 Å². The Kier molecular flexibility index (Phi) is 2.77. The molecule has 1 aromatic rings. The molecule has 0 aliphatic carbocycles. The Morgan fingerprint density at radius 1 is 1.25 bits per heavy atom. The van der Waals surface area contributed by atoms with Gasteiger partial charge in [-0.3, -0.25) is 9.59 Å². The summed E-state index contributed by atoms with van der Waals surface area (Å²) in [6.07, 6.45) is 1.00. The minimum Gasteiger partial charge on any atom is -0.304 e. The van der Waals surface area contributed by atoms with Crippen molar-refractivity contribution in [3.05, 3.63) is 29.8 Å². The number of anilines is 1. The van der Waals surface area contributed by atoms with E-state index in [2.05, 4.69) is 13.8 Å². The molecule has 0 radical (unpaired) electrons. The maximum atomic E-state index is 11.8. The van der Waals surface area contributed by atoms with Crippen LogP contribution in [0.4, 0.5) is 5.69 Å². The summed E-state index contributed by atoms with van der Waals surface area (Å²) in [4.78, 5) is 25.1. The fourth-order valence-corrected chi connectivity index (χ4v) is 1.87. The van der Waals surface area contributed by atoms with Crippen molar-refractivity contribution >= 4 is 17.4 Å². The molecule has 0 fully saturated rings. The number of nitrogens with zero attached hydrogens (tertiary/aromatic N) is 1. The summed E-state index contributed by atoms with van der Waals surface area (Å²) < 4.78 is 0. The highest BCUT2D eigenvalue weighted by atomic mass is 16.2. The van der Waals surface area contributed by atoms with Gasteiger partial charge in [-0.2, -0.15) is 0 Å². The molecular weight excluding hydrogens is 202 g/mol. The number of Topliss-reactive ketones (excluding diaryl/α,β-unsaturated/α-hetero) is 1. The smallest absolute Gasteiger partial charge is 0.299 e. The third-order valence-corrected chi connectivity index (χ3v) is 3.07. The van der Waals surface area contributed by atoms with E-state index in [0.717, 1.165) is 12.1 Å². The number of hydrogen-bond acceptors (Lipinski definition) is 2. The van der Waals surface area contributed by atoms with E-state index in [1.54, 1.807) is 17.0 Å². The predicted molar refractivity (Wildman–Crippen MR) is 62.6 cm³/mol. The zero-order valence-electron chi connectivity index (χ0n) is 9.56. The molecule has 1 aliphatic rings. The van der Waals surface area contributed by atoms with Gasteiger partial charge in [0.1, 0.15) is 0 Å². The minimum atomic E-state index is -0.387. The van der Waals surface area contributed by atoms with Crippen LogP contribution in [0.2, 0.25) is 0 Å². The Morgan fingerprint density at radius 3 is 2.62 bits per heavy atom. The van der Waals surface area contributed by atoms with Gasteiger partial charge < -0.3 is 4.90 Å². The quantitative estimate of drug-likeness (QED) is 0.728. The van der Waals surface area contributed by atoms with Crippen molar-refractivity contribution in [3.63, 3.8) is 0 Å². The van der Waals surface area contributed by atoms with Gasteiger partial charge in [0.05, 0.1) is 11.3 Å². The van der Waals surface area contributed by atoms with E-state index in [9.17, 15) is 9.59 Å². The van der Waals surface area contributed by atoms with E-state index in [0.29, 0.717) is 18.0 Å². The molecule has 1 aromatic carbocycles. The van der Waals surface area contributed by atoms with Crippen LogP contribution in [0.3, 0.4) is 0 Å². The van der Waals surface area contributed by atoms with Crippen molar-refractivity contribution in [1.82, 2.24) is 0 Å². The van der Waals surface area contributed by atoms with E-state index in [-0.39, 0.29) is 11.7 Å². The van der Waals surface area contributed by atoms with E-state index in [4.69, 9.17) is 0 Å². The van der Waals surface area contributed by atoms with E-state index >= 15 is 0 Å². The molecule has 0 N–H and O–H groups in total. The molecule has 3 nitrogen and oxygen atoms in total. The fourth-order valence-electron chi connectivity index (χ4n) is 1.87. The van der Waals surface area contributed by atoms with Gasteiger partial charge in [-0.05, 0) is 18.1 Å². The number of carbonyl (C=O) groups excluding carboxylic acids is 2.